The molecule has 0 unspecified atom stereocenters. The van der Waals surface area contributed by atoms with Gasteiger partial charge in [0, 0.05) is 17.8 Å². The van der Waals surface area contributed by atoms with E-state index >= 15 is 0 Å². The van der Waals surface area contributed by atoms with E-state index in [-0.39, 0.29) is 22.9 Å². The van der Waals surface area contributed by atoms with Gasteiger partial charge in [-0.05, 0) is 29.8 Å². The average molecular weight is 441 g/mol. The summed E-state index contributed by atoms with van der Waals surface area (Å²) in [6.07, 6.45) is 1.04. The predicted octanol–water partition coefficient (Wildman–Crippen LogP) is 4.06. The quantitative estimate of drug-likeness (QED) is 0.599. The summed E-state index contributed by atoms with van der Waals surface area (Å²) in [5, 5.41) is 5.31. The fourth-order valence-corrected chi connectivity index (χ4v) is 4.76. The van der Waals surface area contributed by atoms with Crippen LogP contribution in [0.2, 0.25) is 0 Å². The molecule has 0 radical (unpaired) electrons. The molecule has 0 saturated heterocycles. The summed E-state index contributed by atoms with van der Waals surface area (Å²) in [6.45, 7) is -0.0157. The second-order valence-corrected chi connectivity index (χ2v) is 8.63. The van der Waals surface area contributed by atoms with Crippen LogP contribution in [0.1, 0.15) is 5.56 Å². The number of hydrogen-bond donors (Lipinski definition) is 2. The molecule has 9 heteroatoms. The van der Waals surface area contributed by atoms with Gasteiger partial charge in [-0.3, -0.25) is 4.79 Å². The summed E-state index contributed by atoms with van der Waals surface area (Å²) >= 11 is 0. The Morgan fingerprint density at radius 1 is 0.968 bits per heavy atom. The number of fused-ring (bicyclic) bond motifs is 1. The minimum atomic E-state index is -3.96. The van der Waals surface area contributed by atoms with E-state index in [1.165, 1.54) is 6.07 Å². The zero-order chi connectivity index (χ0) is 22.0. The Morgan fingerprint density at radius 2 is 1.61 bits per heavy atom. The molecule has 0 saturated carbocycles. The summed E-state index contributed by atoms with van der Waals surface area (Å²) in [5.74, 6) is -2.43. The average Bonchev–Trinajstić information content (AvgIpc) is 2.71. The zero-order valence-corrected chi connectivity index (χ0v) is 16.9. The van der Waals surface area contributed by atoms with E-state index in [1.54, 1.807) is 42.5 Å². The molecule has 6 nitrogen and oxygen atoms in total. The maximum Gasteiger partial charge on any atom is 0.267 e. The first-order valence-electron chi connectivity index (χ1n) is 9.24. The van der Waals surface area contributed by atoms with E-state index in [0.717, 1.165) is 22.5 Å². The van der Waals surface area contributed by atoms with Crippen molar-refractivity contribution in [2.45, 2.75) is 11.4 Å². The van der Waals surface area contributed by atoms with Crippen LogP contribution in [0, 0.1) is 11.6 Å². The summed E-state index contributed by atoms with van der Waals surface area (Å²) in [7, 11) is -3.96. The van der Waals surface area contributed by atoms with E-state index in [9.17, 15) is 22.0 Å². The van der Waals surface area contributed by atoms with Crippen LogP contribution >= 0.6 is 0 Å². The Morgan fingerprint density at radius 3 is 2.32 bits per heavy atom. The second kappa shape index (κ2) is 8.19. The van der Waals surface area contributed by atoms with Crippen LogP contribution in [-0.4, -0.2) is 18.6 Å². The molecule has 1 aliphatic rings. The van der Waals surface area contributed by atoms with Gasteiger partial charge in [-0.1, -0.05) is 42.5 Å². The van der Waals surface area contributed by atoms with Gasteiger partial charge < -0.3 is 10.6 Å². The SMILES string of the molecule is O=C(/C=C1/Nc2ccccc2S(=O)(=O)N1Cc1ccccc1)Nc1cc(F)cc(F)c1. The third kappa shape index (κ3) is 4.41. The topological polar surface area (TPSA) is 78.5 Å². The number of hydrogen-bond acceptors (Lipinski definition) is 4. The number of para-hydroxylation sites is 1. The number of nitrogens with one attached hydrogen (secondary N) is 2. The van der Waals surface area contributed by atoms with Crippen molar-refractivity contribution in [3.8, 4) is 0 Å². The lowest BCUT2D eigenvalue weighted by Gasteiger charge is -2.33. The van der Waals surface area contributed by atoms with Crippen LogP contribution in [0.4, 0.5) is 20.2 Å². The fourth-order valence-electron chi connectivity index (χ4n) is 3.20. The molecule has 3 aromatic carbocycles. The van der Waals surface area contributed by atoms with Crippen molar-refractivity contribution in [2.75, 3.05) is 10.6 Å². The summed E-state index contributed by atoms with van der Waals surface area (Å²) in [4.78, 5) is 12.6. The molecule has 31 heavy (non-hydrogen) atoms. The van der Waals surface area contributed by atoms with Crippen molar-refractivity contribution < 1.29 is 22.0 Å². The molecular weight excluding hydrogens is 424 g/mol. The van der Waals surface area contributed by atoms with Gasteiger partial charge in [0.1, 0.15) is 22.4 Å². The standard InChI is InChI=1S/C22H17F2N3O3S/c23-16-10-17(24)12-18(11-16)25-22(28)13-21-26-19-8-4-5-9-20(19)31(29,30)27(21)14-15-6-2-1-3-7-15/h1-13,26H,14H2,(H,25,28)/b21-13-. The van der Waals surface area contributed by atoms with Crippen molar-refractivity contribution in [1.82, 2.24) is 4.31 Å². The van der Waals surface area contributed by atoms with E-state index in [0.29, 0.717) is 17.3 Å². The molecule has 0 atom stereocenters. The molecule has 2 N–H and O–H groups in total. The fraction of sp³-hybridized carbons (Fsp3) is 0.0455. The third-order valence-electron chi connectivity index (χ3n) is 4.55. The van der Waals surface area contributed by atoms with Gasteiger partial charge in [0.05, 0.1) is 12.2 Å². The lowest BCUT2D eigenvalue weighted by Crippen LogP contribution is -2.38. The molecule has 0 spiro atoms. The van der Waals surface area contributed by atoms with E-state index in [4.69, 9.17) is 0 Å². The van der Waals surface area contributed by atoms with Gasteiger partial charge in [-0.25, -0.2) is 21.5 Å². The zero-order valence-electron chi connectivity index (χ0n) is 16.0. The highest BCUT2D eigenvalue weighted by Crippen LogP contribution is 2.34. The Labute approximate surface area is 177 Å². The molecule has 4 rings (SSSR count). The molecule has 158 valence electrons. The van der Waals surface area contributed by atoms with Gasteiger partial charge in [0.15, 0.2) is 0 Å². The molecule has 0 aromatic heterocycles. The molecule has 0 aliphatic carbocycles. The van der Waals surface area contributed by atoms with Gasteiger partial charge in [-0.2, -0.15) is 0 Å². The second-order valence-electron chi connectivity index (χ2n) is 6.80. The van der Waals surface area contributed by atoms with Crippen molar-refractivity contribution in [3.63, 3.8) is 0 Å². The summed E-state index contributed by atoms with van der Waals surface area (Å²) < 4.78 is 54.4. The van der Waals surface area contributed by atoms with E-state index in [1.807, 2.05) is 6.07 Å². The number of nitrogens with zero attached hydrogens (tertiary/aromatic N) is 1. The lowest BCUT2D eigenvalue weighted by atomic mass is 10.2. The molecule has 1 amide bonds. The van der Waals surface area contributed by atoms with Gasteiger partial charge in [-0.15, -0.1) is 0 Å². The van der Waals surface area contributed by atoms with Crippen molar-refractivity contribution in [3.05, 3.63) is 102 Å². The van der Waals surface area contributed by atoms with E-state index in [2.05, 4.69) is 10.6 Å². The minimum absolute atomic E-state index is 0.0110. The highest BCUT2D eigenvalue weighted by molar-refractivity contribution is 7.89. The number of rotatable bonds is 4. The number of anilines is 2. The Balaban J connectivity index is 1.71. The predicted molar refractivity (Wildman–Crippen MR) is 112 cm³/mol. The summed E-state index contributed by atoms with van der Waals surface area (Å²) in [6, 6.07) is 17.8. The minimum Gasteiger partial charge on any atom is -0.340 e. The normalized spacial score (nSPS) is 15.8. The first kappa shape index (κ1) is 20.5. The molecule has 1 aliphatic heterocycles. The number of carbonyl (C=O) groups is 1. The molecule has 3 aromatic rings. The van der Waals surface area contributed by atoms with Crippen molar-refractivity contribution >= 4 is 27.3 Å². The van der Waals surface area contributed by atoms with Crippen molar-refractivity contribution in [1.29, 1.82) is 0 Å². The number of amides is 1. The number of sulfonamides is 1. The van der Waals surface area contributed by atoms with Crippen LogP contribution < -0.4 is 10.6 Å². The number of halogens is 2. The molecule has 0 fully saturated rings. The van der Waals surface area contributed by atoms with Gasteiger partial charge >= 0.3 is 0 Å². The van der Waals surface area contributed by atoms with Crippen LogP contribution in [-0.2, 0) is 21.4 Å². The van der Waals surface area contributed by atoms with Crippen LogP contribution in [0.15, 0.2) is 89.6 Å². The highest BCUT2D eigenvalue weighted by atomic mass is 32.2. The van der Waals surface area contributed by atoms with Crippen LogP contribution in [0.5, 0.6) is 0 Å². The Bertz CT molecular complexity index is 1260. The maximum atomic E-state index is 13.4. The first-order chi connectivity index (χ1) is 14.8. The number of carbonyl (C=O) groups excluding carboxylic acids is 1. The van der Waals surface area contributed by atoms with Crippen molar-refractivity contribution in [2.24, 2.45) is 0 Å². The van der Waals surface area contributed by atoms with Crippen LogP contribution in [0.25, 0.3) is 0 Å². The first-order valence-corrected chi connectivity index (χ1v) is 10.7. The smallest absolute Gasteiger partial charge is 0.267 e. The van der Waals surface area contributed by atoms with Crippen LogP contribution in [0.3, 0.4) is 0 Å². The lowest BCUT2D eigenvalue weighted by molar-refractivity contribution is -0.112. The monoisotopic (exact) mass is 441 g/mol. The molecular formula is C22H17F2N3O3S. The maximum absolute atomic E-state index is 13.4. The highest BCUT2D eigenvalue weighted by Gasteiger charge is 2.34. The van der Waals surface area contributed by atoms with Gasteiger partial charge in [0.2, 0.25) is 0 Å². The molecule has 1 heterocycles. The largest absolute Gasteiger partial charge is 0.340 e. The van der Waals surface area contributed by atoms with E-state index < -0.39 is 27.6 Å². The Kier molecular flexibility index (Phi) is 5.43. The summed E-state index contributed by atoms with van der Waals surface area (Å²) in [5.41, 5.74) is 0.946. The van der Waals surface area contributed by atoms with Gasteiger partial charge in [0.25, 0.3) is 15.9 Å². The number of benzene rings is 3. The Hall–Kier alpha value is -3.72. The third-order valence-corrected chi connectivity index (χ3v) is 6.37. The molecule has 0 bridgehead atoms.